The van der Waals surface area contributed by atoms with E-state index in [1.54, 1.807) is 24.3 Å². The van der Waals surface area contributed by atoms with Crippen molar-refractivity contribution >= 4 is 17.8 Å². The number of aliphatic hydroxyl groups excluding tert-OH is 1. The summed E-state index contributed by atoms with van der Waals surface area (Å²) < 4.78 is 12.7. The van der Waals surface area contributed by atoms with Gasteiger partial charge in [-0.1, -0.05) is 78.4 Å². The molecule has 222 valence electrons. The molecule has 5 rings (SSSR count). The third-order valence-corrected chi connectivity index (χ3v) is 7.55. The van der Waals surface area contributed by atoms with Crippen LogP contribution < -0.4 is 4.74 Å². The highest BCUT2D eigenvalue weighted by molar-refractivity contribution is 6.02. The maximum atomic E-state index is 12.9. The number of rotatable bonds is 13. The highest BCUT2D eigenvalue weighted by atomic mass is 16.7. The van der Waals surface area contributed by atoms with E-state index < -0.39 is 23.4 Å². The first-order chi connectivity index (χ1) is 21.0. The molecule has 3 aromatic rings. The molecule has 1 N–H and O–H groups in total. The number of imide groups is 1. The zero-order chi connectivity index (χ0) is 30.1. The van der Waals surface area contributed by atoms with Crippen molar-refractivity contribution in [1.29, 1.82) is 0 Å². The Morgan fingerprint density at radius 2 is 1.56 bits per heavy atom. The van der Waals surface area contributed by atoms with Gasteiger partial charge in [-0.25, -0.2) is 4.79 Å². The molecular weight excluding hydrogens is 546 g/mol. The van der Waals surface area contributed by atoms with Crippen LogP contribution in [0.15, 0.2) is 103 Å². The number of ether oxygens (including phenoxy) is 2. The molecule has 8 nitrogen and oxygen atoms in total. The van der Waals surface area contributed by atoms with E-state index in [9.17, 15) is 19.5 Å². The summed E-state index contributed by atoms with van der Waals surface area (Å²) in [5.41, 5.74) is 2.99. The molecule has 0 saturated carbocycles. The summed E-state index contributed by atoms with van der Waals surface area (Å²) in [6.45, 7) is 0.507. The molecule has 2 aliphatic rings. The number of nitrogens with zero attached hydrogens (tertiary/aromatic N) is 1. The first kappa shape index (κ1) is 29.9. The molecular formula is C35H35NO7. The second-order valence-electron chi connectivity index (χ2n) is 10.4. The lowest BCUT2D eigenvalue weighted by Crippen LogP contribution is -2.34. The van der Waals surface area contributed by atoms with E-state index in [4.69, 9.17) is 14.3 Å². The number of hydrogen-bond donors (Lipinski definition) is 1. The van der Waals surface area contributed by atoms with E-state index in [0.717, 1.165) is 42.4 Å². The smallest absolute Gasteiger partial charge is 0.363 e. The van der Waals surface area contributed by atoms with Gasteiger partial charge < -0.3 is 19.4 Å². The molecule has 0 aromatic heterocycles. The van der Waals surface area contributed by atoms with Crippen LogP contribution in [0.5, 0.6) is 5.75 Å². The van der Waals surface area contributed by atoms with Crippen molar-refractivity contribution in [2.75, 3.05) is 19.8 Å². The minimum absolute atomic E-state index is 0.0249. The maximum absolute atomic E-state index is 12.9. The highest BCUT2D eigenvalue weighted by Gasteiger charge is 2.38. The molecule has 1 aliphatic heterocycles. The van der Waals surface area contributed by atoms with Crippen LogP contribution in [0.4, 0.5) is 0 Å². The van der Waals surface area contributed by atoms with Crippen LogP contribution in [0.25, 0.3) is 0 Å². The van der Waals surface area contributed by atoms with Crippen molar-refractivity contribution in [3.63, 3.8) is 0 Å². The molecule has 1 aliphatic carbocycles. The number of aliphatic hydroxyl groups is 1. The molecule has 8 heteroatoms. The van der Waals surface area contributed by atoms with E-state index in [2.05, 4.69) is 18.2 Å². The average molecular weight is 582 g/mol. The van der Waals surface area contributed by atoms with Crippen LogP contribution in [0.3, 0.4) is 0 Å². The van der Waals surface area contributed by atoms with Gasteiger partial charge in [0.2, 0.25) is 0 Å². The molecule has 1 unspecified atom stereocenters. The largest absolute Gasteiger partial charge is 0.491 e. The minimum Gasteiger partial charge on any atom is -0.491 e. The molecule has 0 spiro atoms. The number of allylic oxidation sites excluding steroid dienone is 4. The Balaban J connectivity index is 1.50. The van der Waals surface area contributed by atoms with Crippen LogP contribution >= 0.6 is 0 Å². The fourth-order valence-electron chi connectivity index (χ4n) is 5.41. The maximum Gasteiger partial charge on any atom is 0.363 e. The molecule has 3 aromatic carbocycles. The van der Waals surface area contributed by atoms with Crippen molar-refractivity contribution in [1.82, 2.24) is 5.06 Å². The third kappa shape index (κ3) is 6.93. The monoisotopic (exact) mass is 581 g/mol. The van der Waals surface area contributed by atoms with Gasteiger partial charge in [-0.2, -0.15) is 0 Å². The molecule has 0 radical (unpaired) electrons. The SMILES string of the molecule is O=C(ON1C(=O)CCC1=O)c1ccc(C(OCCCC2=CC=CCC2)(c2ccccc2)c2cccc(OCCO)c2)cc1. The lowest BCUT2D eigenvalue weighted by atomic mass is 9.79. The van der Waals surface area contributed by atoms with Crippen molar-refractivity contribution in [3.8, 4) is 5.75 Å². The van der Waals surface area contributed by atoms with Crippen molar-refractivity contribution in [3.05, 3.63) is 125 Å². The van der Waals surface area contributed by atoms with Crippen LogP contribution in [-0.2, 0) is 24.8 Å². The number of hydroxylamine groups is 2. The normalized spacial score (nSPS) is 16.1. The van der Waals surface area contributed by atoms with Crippen LogP contribution in [0, 0.1) is 0 Å². The summed E-state index contributed by atoms with van der Waals surface area (Å²) >= 11 is 0. The average Bonchev–Trinajstić information content (AvgIpc) is 3.37. The minimum atomic E-state index is -1.07. The molecule has 1 atom stereocenters. The summed E-state index contributed by atoms with van der Waals surface area (Å²) in [7, 11) is 0. The Labute approximate surface area is 251 Å². The Bertz CT molecular complexity index is 1480. The first-order valence-electron chi connectivity index (χ1n) is 14.6. The van der Waals surface area contributed by atoms with Gasteiger partial charge in [0.05, 0.1) is 12.2 Å². The molecule has 2 amide bonds. The zero-order valence-corrected chi connectivity index (χ0v) is 23.9. The summed E-state index contributed by atoms with van der Waals surface area (Å²) in [6, 6.07) is 24.3. The van der Waals surface area contributed by atoms with Crippen LogP contribution in [-0.4, -0.2) is 47.8 Å². The van der Waals surface area contributed by atoms with Gasteiger partial charge in [0.1, 0.15) is 18.0 Å². The number of carbonyl (C=O) groups excluding carboxylic acids is 3. The van der Waals surface area contributed by atoms with Gasteiger partial charge in [0.25, 0.3) is 11.8 Å². The van der Waals surface area contributed by atoms with E-state index in [-0.39, 0.29) is 31.6 Å². The van der Waals surface area contributed by atoms with Gasteiger partial charge in [-0.3, -0.25) is 9.59 Å². The van der Waals surface area contributed by atoms with Crippen molar-refractivity contribution in [2.45, 2.75) is 44.1 Å². The quantitative estimate of drug-likeness (QED) is 0.158. The molecule has 1 heterocycles. The van der Waals surface area contributed by atoms with Gasteiger partial charge >= 0.3 is 5.97 Å². The summed E-state index contributed by atoms with van der Waals surface area (Å²) in [5.74, 6) is -1.27. The van der Waals surface area contributed by atoms with Gasteiger partial charge in [0, 0.05) is 19.4 Å². The number of amides is 2. The summed E-state index contributed by atoms with van der Waals surface area (Å²) in [4.78, 5) is 41.9. The van der Waals surface area contributed by atoms with Gasteiger partial charge in [-0.05, 0) is 66.6 Å². The standard InChI is InChI=1S/C35H35NO7/c37-22-24-41-31-15-7-14-30(25-31)35(28-12-5-2-6-13-28,42-23-8-11-26-9-3-1-4-10-26)29-18-16-27(17-19-29)34(40)43-36-32(38)20-21-33(36)39/h1-3,5-7,9,12-19,25,37H,4,8,10-11,20-24H2. The van der Waals surface area contributed by atoms with Crippen molar-refractivity contribution < 1.29 is 33.8 Å². The zero-order valence-electron chi connectivity index (χ0n) is 23.9. The lowest BCUT2D eigenvalue weighted by molar-refractivity contribution is -0.172. The number of carbonyl (C=O) groups is 3. The molecule has 43 heavy (non-hydrogen) atoms. The number of benzene rings is 3. The fourth-order valence-corrected chi connectivity index (χ4v) is 5.41. The second kappa shape index (κ2) is 14.1. The van der Waals surface area contributed by atoms with E-state index >= 15 is 0 Å². The second-order valence-corrected chi connectivity index (χ2v) is 10.4. The predicted molar refractivity (Wildman–Crippen MR) is 160 cm³/mol. The summed E-state index contributed by atoms with van der Waals surface area (Å²) in [6.07, 6.45) is 10.4. The predicted octanol–water partition coefficient (Wildman–Crippen LogP) is 5.64. The van der Waals surface area contributed by atoms with E-state index in [1.807, 2.05) is 54.6 Å². The van der Waals surface area contributed by atoms with Crippen LogP contribution in [0.1, 0.15) is 65.6 Å². The topological polar surface area (TPSA) is 102 Å². The van der Waals surface area contributed by atoms with Gasteiger partial charge in [0.15, 0.2) is 0 Å². The number of hydrogen-bond acceptors (Lipinski definition) is 7. The Morgan fingerprint density at radius 3 is 2.26 bits per heavy atom. The fraction of sp³-hybridized carbons (Fsp3) is 0.286. The molecule has 0 bridgehead atoms. The molecule has 1 saturated heterocycles. The molecule has 1 fully saturated rings. The highest BCUT2D eigenvalue weighted by Crippen LogP contribution is 2.42. The van der Waals surface area contributed by atoms with E-state index in [1.165, 1.54) is 5.57 Å². The third-order valence-electron chi connectivity index (χ3n) is 7.55. The first-order valence-corrected chi connectivity index (χ1v) is 14.6. The lowest BCUT2D eigenvalue weighted by Gasteiger charge is -2.36. The Kier molecular flexibility index (Phi) is 9.81. The Hall–Kier alpha value is -4.53. The van der Waals surface area contributed by atoms with E-state index in [0.29, 0.717) is 17.4 Å². The Morgan fingerprint density at radius 1 is 0.837 bits per heavy atom. The van der Waals surface area contributed by atoms with Gasteiger partial charge in [-0.15, -0.1) is 5.06 Å². The summed E-state index contributed by atoms with van der Waals surface area (Å²) in [5, 5.41) is 9.86. The van der Waals surface area contributed by atoms with Crippen molar-refractivity contribution in [2.24, 2.45) is 0 Å². The van der Waals surface area contributed by atoms with Crippen LogP contribution in [0.2, 0.25) is 0 Å².